The maximum absolute atomic E-state index is 14.0. The summed E-state index contributed by atoms with van der Waals surface area (Å²) in [6.07, 6.45) is 0. The van der Waals surface area contributed by atoms with Gasteiger partial charge in [0.05, 0.1) is 12.8 Å². The number of rotatable bonds is 8. The molecule has 4 heteroatoms. The Morgan fingerprint density at radius 3 is 2.48 bits per heavy atom. The molecule has 23 heavy (non-hydrogen) atoms. The molecule has 2 aromatic carbocycles. The Balaban J connectivity index is 2.02. The highest BCUT2D eigenvalue weighted by Gasteiger charge is 2.09. The molecule has 0 bridgehead atoms. The number of hydrogen-bond acceptors (Lipinski definition) is 3. The monoisotopic (exact) mass is 316 g/mol. The molecule has 124 valence electrons. The van der Waals surface area contributed by atoms with Crippen molar-refractivity contribution in [3.63, 3.8) is 0 Å². The Bertz CT molecular complexity index is 627. The largest absolute Gasteiger partial charge is 0.496 e. The van der Waals surface area contributed by atoms with Crippen LogP contribution in [0.4, 0.5) is 10.1 Å². The van der Waals surface area contributed by atoms with Crippen LogP contribution in [-0.4, -0.2) is 20.2 Å². The first kappa shape index (κ1) is 17.3. The predicted octanol–water partition coefficient (Wildman–Crippen LogP) is 3.97. The van der Waals surface area contributed by atoms with E-state index in [4.69, 9.17) is 4.74 Å². The summed E-state index contributed by atoms with van der Waals surface area (Å²) in [6, 6.07) is 13.3. The maximum Gasteiger partial charge on any atom is 0.146 e. The minimum Gasteiger partial charge on any atom is -0.496 e. The van der Waals surface area contributed by atoms with Gasteiger partial charge in [-0.05, 0) is 37.6 Å². The van der Waals surface area contributed by atoms with Crippen LogP contribution in [0.25, 0.3) is 0 Å². The van der Waals surface area contributed by atoms with Crippen LogP contribution in [0.5, 0.6) is 5.75 Å². The van der Waals surface area contributed by atoms with Gasteiger partial charge in [0.1, 0.15) is 11.6 Å². The molecule has 2 aromatic rings. The van der Waals surface area contributed by atoms with E-state index in [9.17, 15) is 4.39 Å². The van der Waals surface area contributed by atoms with Crippen molar-refractivity contribution < 1.29 is 9.13 Å². The Kier molecular flexibility index (Phi) is 6.41. The average Bonchev–Trinajstić information content (AvgIpc) is 2.59. The van der Waals surface area contributed by atoms with Gasteiger partial charge >= 0.3 is 0 Å². The van der Waals surface area contributed by atoms with Crippen molar-refractivity contribution in [3.05, 3.63) is 59.4 Å². The topological polar surface area (TPSA) is 24.5 Å². The van der Waals surface area contributed by atoms with Gasteiger partial charge in [-0.2, -0.15) is 0 Å². The molecule has 0 atom stereocenters. The average molecular weight is 316 g/mol. The fourth-order valence-corrected chi connectivity index (χ4v) is 2.67. The first-order valence-electron chi connectivity index (χ1n) is 8.05. The summed E-state index contributed by atoms with van der Waals surface area (Å²) in [5, 5.41) is 3.39. The summed E-state index contributed by atoms with van der Waals surface area (Å²) in [4.78, 5) is 2.03. The fraction of sp³-hybridized carbons (Fsp3) is 0.368. The van der Waals surface area contributed by atoms with Crippen molar-refractivity contribution in [2.45, 2.75) is 26.9 Å². The molecule has 0 aliphatic carbocycles. The van der Waals surface area contributed by atoms with Crippen LogP contribution < -0.4 is 15.0 Å². The molecule has 0 spiro atoms. The highest BCUT2D eigenvalue weighted by atomic mass is 19.1. The molecule has 0 saturated carbocycles. The third-order valence-corrected chi connectivity index (χ3v) is 3.95. The highest BCUT2D eigenvalue weighted by molar-refractivity contribution is 5.50. The van der Waals surface area contributed by atoms with Crippen molar-refractivity contribution >= 4 is 5.69 Å². The van der Waals surface area contributed by atoms with Gasteiger partial charge in [0.2, 0.25) is 0 Å². The van der Waals surface area contributed by atoms with Crippen LogP contribution in [0.2, 0.25) is 0 Å². The van der Waals surface area contributed by atoms with Crippen molar-refractivity contribution in [1.29, 1.82) is 0 Å². The second-order valence-electron chi connectivity index (χ2n) is 5.37. The van der Waals surface area contributed by atoms with Gasteiger partial charge in [-0.15, -0.1) is 0 Å². The zero-order valence-electron chi connectivity index (χ0n) is 14.1. The normalized spacial score (nSPS) is 10.6. The number of benzene rings is 2. The first-order valence-corrected chi connectivity index (χ1v) is 8.05. The van der Waals surface area contributed by atoms with E-state index in [-0.39, 0.29) is 5.82 Å². The number of nitrogens with one attached hydrogen (secondary N) is 1. The number of hydrogen-bond donors (Lipinski definition) is 1. The summed E-state index contributed by atoms with van der Waals surface area (Å²) < 4.78 is 19.3. The van der Waals surface area contributed by atoms with Crippen molar-refractivity contribution in [2.75, 3.05) is 25.1 Å². The molecule has 2 rings (SSSR count). The van der Waals surface area contributed by atoms with Crippen LogP contribution in [0.1, 0.15) is 25.0 Å². The number of para-hydroxylation sites is 1. The lowest BCUT2D eigenvalue weighted by Crippen LogP contribution is -2.23. The summed E-state index contributed by atoms with van der Waals surface area (Å²) in [5.41, 5.74) is 2.86. The molecule has 0 saturated heterocycles. The zero-order chi connectivity index (χ0) is 16.7. The SMILES string of the molecule is CCN(CC)c1cc(CNCc2ccccc2OC)ccc1F. The Morgan fingerprint density at radius 1 is 1.04 bits per heavy atom. The summed E-state index contributed by atoms with van der Waals surface area (Å²) in [6.45, 7) is 7.07. The van der Waals surface area contributed by atoms with Gasteiger partial charge in [-0.3, -0.25) is 0 Å². The Morgan fingerprint density at radius 2 is 1.78 bits per heavy atom. The number of halogens is 1. The molecule has 0 amide bonds. The molecule has 0 fully saturated rings. The fourth-order valence-electron chi connectivity index (χ4n) is 2.67. The van der Waals surface area contributed by atoms with Crippen LogP contribution in [-0.2, 0) is 13.1 Å². The highest BCUT2D eigenvalue weighted by Crippen LogP contribution is 2.21. The van der Waals surface area contributed by atoms with E-state index in [1.165, 1.54) is 0 Å². The molecule has 1 N–H and O–H groups in total. The second kappa shape index (κ2) is 8.53. The van der Waals surface area contributed by atoms with E-state index in [0.29, 0.717) is 18.8 Å². The molecular formula is C19H25FN2O. The molecule has 0 radical (unpaired) electrons. The molecule has 0 aliphatic heterocycles. The van der Waals surface area contributed by atoms with Gasteiger partial charge in [0, 0.05) is 31.7 Å². The van der Waals surface area contributed by atoms with Crippen molar-refractivity contribution in [1.82, 2.24) is 5.32 Å². The smallest absolute Gasteiger partial charge is 0.146 e. The van der Waals surface area contributed by atoms with Crippen molar-refractivity contribution in [2.24, 2.45) is 0 Å². The van der Waals surface area contributed by atoms with E-state index >= 15 is 0 Å². The van der Waals surface area contributed by atoms with Crippen LogP contribution >= 0.6 is 0 Å². The molecule has 3 nitrogen and oxygen atoms in total. The van der Waals surface area contributed by atoms with Gasteiger partial charge < -0.3 is 15.0 Å². The van der Waals surface area contributed by atoms with Gasteiger partial charge in [0.15, 0.2) is 0 Å². The first-order chi connectivity index (χ1) is 11.2. The maximum atomic E-state index is 14.0. The quantitative estimate of drug-likeness (QED) is 0.797. The van der Waals surface area contributed by atoms with E-state index in [2.05, 4.69) is 5.32 Å². The lowest BCUT2D eigenvalue weighted by Gasteiger charge is -2.22. The minimum atomic E-state index is -0.165. The lowest BCUT2D eigenvalue weighted by molar-refractivity contribution is 0.407. The predicted molar refractivity (Wildman–Crippen MR) is 93.5 cm³/mol. The third kappa shape index (κ3) is 4.45. The minimum absolute atomic E-state index is 0.165. The van der Waals surface area contributed by atoms with E-state index in [1.807, 2.05) is 55.1 Å². The summed E-state index contributed by atoms with van der Waals surface area (Å²) >= 11 is 0. The van der Waals surface area contributed by atoms with Gasteiger partial charge in [-0.25, -0.2) is 4.39 Å². The second-order valence-corrected chi connectivity index (χ2v) is 5.37. The zero-order valence-corrected chi connectivity index (χ0v) is 14.1. The molecule has 0 unspecified atom stereocenters. The molecule has 0 aromatic heterocycles. The van der Waals surface area contributed by atoms with Crippen molar-refractivity contribution in [3.8, 4) is 5.75 Å². The third-order valence-electron chi connectivity index (χ3n) is 3.95. The summed E-state index contributed by atoms with van der Waals surface area (Å²) in [7, 11) is 1.68. The van der Waals surface area contributed by atoms with Crippen LogP contribution in [0.15, 0.2) is 42.5 Å². The lowest BCUT2D eigenvalue weighted by atomic mass is 10.1. The standard InChI is InChI=1S/C19H25FN2O/c1-4-22(5-2)18-12-15(10-11-17(18)20)13-21-14-16-8-6-7-9-19(16)23-3/h6-12,21H,4-5,13-14H2,1-3H3. The van der Waals surface area contributed by atoms with E-state index < -0.39 is 0 Å². The molecular weight excluding hydrogens is 291 g/mol. The number of anilines is 1. The van der Waals surface area contributed by atoms with Crippen LogP contribution in [0.3, 0.4) is 0 Å². The summed E-state index contributed by atoms with van der Waals surface area (Å²) in [5.74, 6) is 0.713. The molecule has 0 aliphatic rings. The van der Waals surface area contributed by atoms with E-state index in [1.54, 1.807) is 13.2 Å². The van der Waals surface area contributed by atoms with Gasteiger partial charge in [0.25, 0.3) is 0 Å². The number of nitrogens with zero attached hydrogens (tertiary/aromatic N) is 1. The Hall–Kier alpha value is -2.07. The Labute approximate surface area is 138 Å². The number of methoxy groups -OCH3 is 1. The van der Waals surface area contributed by atoms with Gasteiger partial charge in [-0.1, -0.05) is 24.3 Å². The molecule has 0 heterocycles. The van der Waals surface area contributed by atoms with Crippen LogP contribution in [0, 0.1) is 5.82 Å². The number of ether oxygens (including phenoxy) is 1. The van der Waals surface area contributed by atoms with E-state index in [0.717, 1.165) is 30.0 Å².